The summed E-state index contributed by atoms with van der Waals surface area (Å²) < 4.78 is 4.78. The Morgan fingerprint density at radius 3 is 2.21 bits per heavy atom. The lowest BCUT2D eigenvalue weighted by molar-refractivity contribution is -0.146. The number of hydrogen-bond acceptors (Lipinski definition) is 4. The predicted octanol–water partition coefficient (Wildman–Crippen LogP) is 2.28. The summed E-state index contributed by atoms with van der Waals surface area (Å²) in [6.45, 7) is 3.26. The quantitative estimate of drug-likeness (QED) is 0.618. The summed E-state index contributed by atoms with van der Waals surface area (Å²) in [5, 5.41) is 0. The molecule has 1 aromatic rings. The maximum atomic E-state index is 11.5. The summed E-state index contributed by atoms with van der Waals surface area (Å²) in [7, 11) is 1.44. The monoisotopic (exact) mass is 261 g/mol. The van der Waals surface area contributed by atoms with E-state index in [1.54, 1.807) is 6.92 Å². The van der Waals surface area contributed by atoms with Crippen molar-refractivity contribution in [3.8, 4) is 0 Å². The summed E-state index contributed by atoms with van der Waals surface area (Å²) >= 11 is 0. The molecule has 0 bridgehead atoms. The van der Waals surface area contributed by atoms with E-state index in [9.17, 15) is 9.59 Å². The second-order valence-corrected chi connectivity index (χ2v) is 4.89. The Hall–Kier alpha value is -1.84. The molecule has 0 radical (unpaired) electrons. The Bertz CT molecular complexity index is 459. The van der Waals surface area contributed by atoms with Gasteiger partial charge in [0.05, 0.1) is 13.0 Å². The third kappa shape index (κ3) is 3.13. The SMILES string of the molecule is COC(=O)C1CCN(c2ccc(C(C)=O)cc2)CC1. The van der Waals surface area contributed by atoms with Crippen LogP contribution in [0, 0.1) is 5.92 Å². The molecule has 19 heavy (non-hydrogen) atoms. The van der Waals surface area contributed by atoms with Gasteiger partial charge < -0.3 is 9.64 Å². The second-order valence-electron chi connectivity index (χ2n) is 4.89. The molecule has 0 aliphatic carbocycles. The number of benzene rings is 1. The highest BCUT2D eigenvalue weighted by Crippen LogP contribution is 2.24. The van der Waals surface area contributed by atoms with Crippen LogP contribution in [-0.2, 0) is 9.53 Å². The molecule has 1 fully saturated rings. The van der Waals surface area contributed by atoms with Crippen LogP contribution in [0.1, 0.15) is 30.1 Å². The molecule has 0 saturated carbocycles. The molecule has 0 atom stereocenters. The van der Waals surface area contributed by atoms with Gasteiger partial charge in [0.2, 0.25) is 0 Å². The number of nitrogens with zero attached hydrogens (tertiary/aromatic N) is 1. The van der Waals surface area contributed by atoms with Gasteiger partial charge in [-0.3, -0.25) is 9.59 Å². The molecule has 0 unspecified atom stereocenters. The number of carbonyl (C=O) groups is 2. The summed E-state index contributed by atoms with van der Waals surface area (Å²) in [6, 6.07) is 7.64. The van der Waals surface area contributed by atoms with Gasteiger partial charge in [0, 0.05) is 24.3 Å². The zero-order valence-corrected chi connectivity index (χ0v) is 11.4. The van der Waals surface area contributed by atoms with Crippen molar-refractivity contribution in [3.63, 3.8) is 0 Å². The smallest absolute Gasteiger partial charge is 0.308 e. The Kier molecular flexibility index (Phi) is 4.20. The summed E-state index contributed by atoms with van der Waals surface area (Å²) in [4.78, 5) is 24.9. The van der Waals surface area contributed by atoms with Gasteiger partial charge in [0.25, 0.3) is 0 Å². The van der Waals surface area contributed by atoms with Crippen LogP contribution in [0.15, 0.2) is 24.3 Å². The first kappa shape index (κ1) is 13.6. The average Bonchev–Trinajstić information content (AvgIpc) is 2.46. The zero-order valence-electron chi connectivity index (χ0n) is 11.4. The molecule has 0 amide bonds. The van der Waals surface area contributed by atoms with Crippen LogP contribution in [0.25, 0.3) is 0 Å². The molecule has 0 aromatic heterocycles. The fraction of sp³-hybridized carbons (Fsp3) is 0.467. The molecule has 102 valence electrons. The molecule has 4 nitrogen and oxygen atoms in total. The molecule has 1 aromatic carbocycles. The minimum absolute atomic E-state index is 0.0257. The van der Waals surface area contributed by atoms with Gasteiger partial charge in [-0.15, -0.1) is 0 Å². The van der Waals surface area contributed by atoms with E-state index in [0.717, 1.165) is 37.2 Å². The summed E-state index contributed by atoms with van der Waals surface area (Å²) in [5.41, 5.74) is 1.83. The Morgan fingerprint density at radius 2 is 1.74 bits per heavy atom. The van der Waals surface area contributed by atoms with Crippen LogP contribution < -0.4 is 4.90 Å². The van der Waals surface area contributed by atoms with E-state index < -0.39 is 0 Å². The van der Waals surface area contributed by atoms with Crippen molar-refractivity contribution in [2.45, 2.75) is 19.8 Å². The van der Waals surface area contributed by atoms with E-state index in [1.165, 1.54) is 7.11 Å². The molecule has 1 aliphatic heterocycles. The number of Topliss-reactive ketones (excluding diaryl/α,β-unsaturated/α-hetero) is 1. The van der Waals surface area contributed by atoms with E-state index >= 15 is 0 Å². The number of esters is 1. The normalized spacial score (nSPS) is 16.2. The van der Waals surface area contributed by atoms with Gasteiger partial charge in [-0.1, -0.05) is 0 Å². The molecular weight excluding hydrogens is 242 g/mol. The molecule has 0 N–H and O–H groups in total. The van der Waals surface area contributed by atoms with Gasteiger partial charge >= 0.3 is 5.97 Å². The minimum atomic E-state index is -0.105. The number of ether oxygens (including phenoxy) is 1. The maximum Gasteiger partial charge on any atom is 0.308 e. The number of carbonyl (C=O) groups excluding carboxylic acids is 2. The lowest BCUT2D eigenvalue weighted by atomic mass is 9.96. The van der Waals surface area contributed by atoms with Crippen LogP contribution in [0.4, 0.5) is 5.69 Å². The Morgan fingerprint density at radius 1 is 1.16 bits per heavy atom. The first-order chi connectivity index (χ1) is 9.11. The van der Waals surface area contributed by atoms with Crippen molar-refractivity contribution >= 4 is 17.4 Å². The first-order valence-corrected chi connectivity index (χ1v) is 6.55. The number of piperidine rings is 1. The Balaban J connectivity index is 1.97. The van der Waals surface area contributed by atoms with Gasteiger partial charge in [0.15, 0.2) is 5.78 Å². The highest BCUT2D eigenvalue weighted by molar-refractivity contribution is 5.94. The number of methoxy groups -OCH3 is 1. The minimum Gasteiger partial charge on any atom is -0.469 e. The second kappa shape index (κ2) is 5.87. The van der Waals surface area contributed by atoms with Gasteiger partial charge in [-0.05, 0) is 44.0 Å². The van der Waals surface area contributed by atoms with Crippen molar-refractivity contribution < 1.29 is 14.3 Å². The average molecular weight is 261 g/mol. The lowest BCUT2D eigenvalue weighted by Crippen LogP contribution is -2.36. The third-order valence-electron chi connectivity index (χ3n) is 3.67. The maximum absolute atomic E-state index is 11.5. The summed E-state index contributed by atoms with van der Waals surface area (Å²) in [5.74, 6) is 0.000250. The van der Waals surface area contributed by atoms with Crippen LogP contribution in [0.3, 0.4) is 0 Å². The van der Waals surface area contributed by atoms with E-state index in [0.29, 0.717) is 0 Å². The first-order valence-electron chi connectivity index (χ1n) is 6.55. The third-order valence-corrected chi connectivity index (χ3v) is 3.67. The fourth-order valence-electron chi connectivity index (χ4n) is 2.45. The molecular formula is C15H19NO3. The number of rotatable bonds is 3. The number of ketones is 1. The fourth-order valence-corrected chi connectivity index (χ4v) is 2.45. The van der Waals surface area contributed by atoms with Crippen LogP contribution in [0.2, 0.25) is 0 Å². The predicted molar refractivity (Wildman–Crippen MR) is 73.4 cm³/mol. The van der Waals surface area contributed by atoms with Crippen molar-refractivity contribution in [3.05, 3.63) is 29.8 Å². The lowest BCUT2D eigenvalue weighted by Gasteiger charge is -2.32. The largest absolute Gasteiger partial charge is 0.469 e. The highest BCUT2D eigenvalue weighted by atomic mass is 16.5. The molecule has 2 rings (SSSR count). The topological polar surface area (TPSA) is 46.6 Å². The standard InChI is InChI=1S/C15H19NO3/c1-11(17)12-3-5-14(6-4-12)16-9-7-13(8-10-16)15(18)19-2/h3-6,13H,7-10H2,1-2H3. The van der Waals surface area contributed by atoms with Crippen LogP contribution in [-0.4, -0.2) is 32.0 Å². The molecule has 1 aliphatic rings. The Labute approximate surface area is 113 Å². The molecule has 1 heterocycles. The van der Waals surface area contributed by atoms with E-state index in [1.807, 2.05) is 24.3 Å². The molecule has 4 heteroatoms. The van der Waals surface area contributed by atoms with E-state index in [4.69, 9.17) is 4.74 Å². The van der Waals surface area contributed by atoms with Gasteiger partial charge in [-0.25, -0.2) is 0 Å². The van der Waals surface area contributed by atoms with Crippen molar-refractivity contribution in [2.24, 2.45) is 5.92 Å². The molecule has 1 saturated heterocycles. The van der Waals surface area contributed by atoms with Gasteiger partial charge in [-0.2, -0.15) is 0 Å². The zero-order chi connectivity index (χ0) is 13.8. The van der Waals surface area contributed by atoms with E-state index in [-0.39, 0.29) is 17.7 Å². The van der Waals surface area contributed by atoms with E-state index in [2.05, 4.69) is 4.90 Å². The number of hydrogen-bond donors (Lipinski definition) is 0. The van der Waals surface area contributed by atoms with Crippen molar-refractivity contribution in [1.82, 2.24) is 0 Å². The summed E-state index contributed by atoms with van der Waals surface area (Å²) in [6.07, 6.45) is 1.64. The van der Waals surface area contributed by atoms with Crippen molar-refractivity contribution in [2.75, 3.05) is 25.1 Å². The van der Waals surface area contributed by atoms with Crippen LogP contribution >= 0.6 is 0 Å². The van der Waals surface area contributed by atoms with Crippen LogP contribution in [0.5, 0.6) is 0 Å². The van der Waals surface area contributed by atoms with Crippen molar-refractivity contribution in [1.29, 1.82) is 0 Å². The molecule has 0 spiro atoms. The van der Waals surface area contributed by atoms with Gasteiger partial charge in [0.1, 0.15) is 0 Å². The highest BCUT2D eigenvalue weighted by Gasteiger charge is 2.25. The number of anilines is 1.